The summed E-state index contributed by atoms with van der Waals surface area (Å²) in [7, 11) is -2.31. The Morgan fingerprint density at radius 3 is 2.58 bits per heavy atom. The summed E-state index contributed by atoms with van der Waals surface area (Å²) in [6.07, 6.45) is 3.14. The smallest absolute Gasteiger partial charge is 0.355 e. The van der Waals surface area contributed by atoms with Crippen molar-refractivity contribution < 1.29 is 22.9 Å². The molecule has 11 heteroatoms. The van der Waals surface area contributed by atoms with Gasteiger partial charge in [0, 0.05) is 22.9 Å². The van der Waals surface area contributed by atoms with Crippen molar-refractivity contribution in [3.8, 4) is 16.4 Å². The highest BCUT2D eigenvalue weighted by Gasteiger charge is 2.30. The normalized spacial score (nSPS) is 14.3. The van der Waals surface area contributed by atoms with E-state index in [1.165, 1.54) is 34.9 Å². The molecule has 0 aliphatic heterocycles. The van der Waals surface area contributed by atoms with Crippen molar-refractivity contribution in [2.24, 2.45) is 11.1 Å². The molecule has 0 saturated heterocycles. The second-order valence-electron chi connectivity index (χ2n) is 9.83. The quantitative estimate of drug-likeness (QED) is 0.207. The lowest BCUT2D eigenvalue weighted by molar-refractivity contribution is 0.0691. The first-order chi connectivity index (χ1) is 18.1. The van der Waals surface area contributed by atoms with E-state index in [-0.39, 0.29) is 22.3 Å². The number of nitrogens with zero attached hydrogens (tertiary/aromatic N) is 3. The fourth-order valence-electron chi connectivity index (χ4n) is 4.50. The highest BCUT2D eigenvalue weighted by atomic mass is 32.2. The van der Waals surface area contributed by atoms with Crippen LogP contribution in [0.25, 0.3) is 16.4 Å². The molecule has 0 spiro atoms. The van der Waals surface area contributed by atoms with Crippen molar-refractivity contribution >= 4 is 28.3 Å². The predicted octanol–water partition coefficient (Wildman–Crippen LogP) is 5.57. The molecule has 4 aromatic rings. The van der Waals surface area contributed by atoms with Crippen LogP contribution in [-0.4, -0.2) is 25.8 Å². The molecule has 1 saturated carbocycles. The van der Waals surface area contributed by atoms with Crippen LogP contribution in [0.4, 0.5) is 8.78 Å². The van der Waals surface area contributed by atoms with Crippen molar-refractivity contribution in [1.29, 1.82) is 0 Å². The summed E-state index contributed by atoms with van der Waals surface area (Å²) in [5.74, 6) is -1.67. The van der Waals surface area contributed by atoms with Crippen LogP contribution in [0.15, 0.2) is 46.7 Å². The van der Waals surface area contributed by atoms with Crippen molar-refractivity contribution in [3.05, 3.63) is 81.5 Å². The first kappa shape index (κ1) is 26.3. The number of hydrogen-bond acceptors (Lipinski definition) is 5. The van der Waals surface area contributed by atoms with Crippen LogP contribution in [0.1, 0.15) is 65.5 Å². The number of carbonyl (C=O) groups is 1. The zero-order valence-electron chi connectivity index (χ0n) is 20.8. The summed E-state index contributed by atoms with van der Waals surface area (Å²) >= 11 is 1.18. The van der Waals surface area contributed by atoms with E-state index in [1.54, 1.807) is 22.9 Å². The Morgan fingerprint density at radius 1 is 1.21 bits per heavy atom. The Hall–Kier alpha value is -3.28. The number of nitrogens with two attached hydrogens (primary N) is 1. The Kier molecular flexibility index (Phi) is 7.26. The standard InChI is InChI=1S/C27H26F2N4O3S2/c1-14(2)18-12-17(6-7-20(18)28)25-19(9-16-5-8-24(38(30)36)21(29)10-16)23(11-15-3-4-15)33(32-25)27-31-22(13-37-27)26(34)35/h5-8,10,12-15H,3-4,9,11H2,1-2H3,(H2,30,36)(H,34,35)/p+1. The Labute approximate surface area is 224 Å². The van der Waals surface area contributed by atoms with Gasteiger partial charge in [0.25, 0.3) is 0 Å². The van der Waals surface area contributed by atoms with Crippen molar-refractivity contribution in [2.75, 3.05) is 0 Å². The molecule has 1 fully saturated rings. The maximum Gasteiger partial charge on any atom is 0.355 e. The van der Waals surface area contributed by atoms with E-state index in [1.807, 2.05) is 13.8 Å². The number of carboxylic acid groups (broad SMARTS) is 1. The lowest BCUT2D eigenvalue weighted by Gasteiger charge is -2.11. The molecule has 5 rings (SSSR count). The summed E-state index contributed by atoms with van der Waals surface area (Å²) in [6.45, 7) is 3.83. The number of rotatable bonds is 9. The lowest BCUT2D eigenvalue weighted by Crippen LogP contribution is -2.07. The minimum absolute atomic E-state index is 0.0398. The second-order valence-corrected chi connectivity index (χ2v) is 11.8. The summed E-state index contributed by atoms with van der Waals surface area (Å²) in [5.41, 5.74) is 4.11. The molecule has 1 aliphatic carbocycles. The zero-order chi connectivity index (χ0) is 27.1. The van der Waals surface area contributed by atoms with Crippen LogP contribution in [0.5, 0.6) is 0 Å². The highest BCUT2D eigenvalue weighted by Crippen LogP contribution is 2.39. The molecule has 0 amide bonds. The molecule has 7 nitrogen and oxygen atoms in total. The zero-order valence-corrected chi connectivity index (χ0v) is 22.5. The molecule has 3 N–H and O–H groups in total. The molecular weight excluding hydrogens is 530 g/mol. The second kappa shape index (κ2) is 10.5. The van der Waals surface area contributed by atoms with E-state index in [9.17, 15) is 22.9 Å². The number of aromatic carboxylic acids is 1. The number of carboxylic acids is 1. The van der Waals surface area contributed by atoms with Gasteiger partial charge in [-0.15, -0.1) is 16.5 Å². The molecule has 2 aromatic carbocycles. The van der Waals surface area contributed by atoms with E-state index >= 15 is 0 Å². The van der Waals surface area contributed by atoms with Gasteiger partial charge in [0.1, 0.15) is 5.82 Å². The molecule has 2 aromatic heterocycles. The first-order valence-corrected chi connectivity index (χ1v) is 14.4. The molecule has 0 bridgehead atoms. The summed E-state index contributed by atoms with van der Waals surface area (Å²) in [4.78, 5) is 15.7. The van der Waals surface area contributed by atoms with Crippen LogP contribution in [0.3, 0.4) is 0 Å². The van der Waals surface area contributed by atoms with Crippen molar-refractivity contribution in [1.82, 2.24) is 14.8 Å². The third kappa shape index (κ3) is 5.31. The maximum absolute atomic E-state index is 14.7. The van der Waals surface area contributed by atoms with Crippen LogP contribution < -0.4 is 5.14 Å². The Bertz CT molecular complexity index is 1560. The van der Waals surface area contributed by atoms with Gasteiger partial charge in [-0.1, -0.05) is 24.1 Å². The number of hydrogen-bond donors (Lipinski definition) is 2. The van der Waals surface area contributed by atoms with E-state index in [0.717, 1.165) is 24.1 Å². The molecule has 1 atom stereocenters. The Balaban J connectivity index is 1.70. The monoisotopic (exact) mass is 557 g/mol. The van der Waals surface area contributed by atoms with Crippen LogP contribution in [-0.2, 0) is 28.0 Å². The fourth-order valence-corrected chi connectivity index (χ4v) is 5.77. The molecule has 1 unspecified atom stereocenters. The van der Waals surface area contributed by atoms with Gasteiger partial charge in [0.15, 0.2) is 22.5 Å². The first-order valence-electron chi connectivity index (χ1n) is 12.2. The van der Waals surface area contributed by atoms with Gasteiger partial charge >= 0.3 is 5.97 Å². The number of benzene rings is 2. The third-order valence-corrected chi connectivity index (χ3v) is 8.34. The maximum atomic E-state index is 14.7. The summed E-state index contributed by atoms with van der Waals surface area (Å²) in [5, 5.41) is 21.6. The average molecular weight is 558 g/mol. The summed E-state index contributed by atoms with van der Waals surface area (Å²) in [6, 6.07) is 9.33. The largest absolute Gasteiger partial charge is 0.476 e. The molecule has 1 aliphatic rings. The number of aromatic nitrogens is 3. The van der Waals surface area contributed by atoms with Gasteiger partial charge in [-0.3, -0.25) is 0 Å². The van der Waals surface area contributed by atoms with Gasteiger partial charge < -0.3 is 5.11 Å². The molecule has 0 radical (unpaired) electrons. The molecule has 2 heterocycles. The van der Waals surface area contributed by atoms with Gasteiger partial charge in [-0.2, -0.15) is 5.10 Å². The van der Waals surface area contributed by atoms with Gasteiger partial charge in [0.05, 0.1) is 11.4 Å². The van der Waals surface area contributed by atoms with Crippen LogP contribution in [0, 0.1) is 17.6 Å². The van der Waals surface area contributed by atoms with Gasteiger partial charge in [-0.25, -0.2) is 23.2 Å². The minimum atomic E-state index is -2.31. The Morgan fingerprint density at radius 2 is 1.97 bits per heavy atom. The predicted molar refractivity (Wildman–Crippen MR) is 143 cm³/mol. The van der Waals surface area contributed by atoms with Gasteiger partial charge in [0.2, 0.25) is 10.0 Å². The highest BCUT2D eigenvalue weighted by molar-refractivity contribution is 7.82. The van der Waals surface area contributed by atoms with Crippen molar-refractivity contribution in [2.45, 2.75) is 50.3 Å². The van der Waals surface area contributed by atoms with E-state index in [0.29, 0.717) is 46.3 Å². The van der Waals surface area contributed by atoms with Gasteiger partial charge in [-0.05, 0) is 72.6 Å². The van der Waals surface area contributed by atoms with E-state index in [4.69, 9.17) is 10.2 Å². The number of thiol groups is 1. The SMILES string of the molecule is CC(C)c1cc(-c2nn(-c3nc(C(=O)O)cs3)c(CC3CC3)c2Cc2ccc([SH+](N)=O)c(F)c2)ccc1F. The van der Waals surface area contributed by atoms with E-state index in [2.05, 4.69) is 4.98 Å². The molecule has 38 heavy (non-hydrogen) atoms. The third-order valence-electron chi connectivity index (χ3n) is 6.68. The average Bonchev–Trinajstić information content (AvgIpc) is 3.42. The summed E-state index contributed by atoms with van der Waals surface area (Å²) < 4.78 is 42.6. The topological polar surface area (TPSA) is 111 Å². The minimum Gasteiger partial charge on any atom is -0.476 e. The van der Waals surface area contributed by atoms with E-state index < -0.39 is 22.8 Å². The van der Waals surface area contributed by atoms with Crippen LogP contribution >= 0.6 is 11.3 Å². The lowest BCUT2D eigenvalue weighted by atomic mass is 9.94. The van der Waals surface area contributed by atoms with Crippen molar-refractivity contribution in [3.63, 3.8) is 0 Å². The van der Waals surface area contributed by atoms with Crippen LogP contribution in [0.2, 0.25) is 0 Å². The molecule has 198 valence electrons. The number of thiazole rings is 1. The number of halogens is 2. The fraction of sp³-hybridized carbons (Fsp3) is 0.296. The molecular formula is C27H27F2N4O3S2+.